The van der Waals surface area contributed by atoms with E-state index in [1.54, 1.807) is 0 Å². The van der Waals surface area contributed by atoms with Crippen molar-refractivity contribution in [3.63, 3.8) is 0 Å². The van der Waals surface area contributed by atoms with Gasteiger partial charge in [-0.25, -0.2) is 4.79 Å². The van der Waals surface area contributed by atoms with E-state index in [9.17, 15) is 9.59 Å². The summed E-state index contributed by atoms with van der Waals surface area (Å²) in [5, 5.41) is 12.1. The lowest BCUT2D eigenvalue weighted by molar-refractivity contribution is -0.143. The van der Waals surface area contributed by atoms with E-state index in [1.807, 2.05) is 16.7 Å². The average Bonchev–Trinajstić information content (AvgIpc) is 2.68. The zero-order valence-electron chi connectivity index (χ0n) is 11.1. The van der Waals surface area contributed by atoms with Crippen molar-refractivity contribution < 1.29 is 14.7 Å². The molecule has 2 aliphatic rings. The molecule has 2 rings (SSSR count). The minimum Gasteiger partial charge on any atom is -0.481 e. The zero-order valence-corrected chi connectivity index (χ0v) is 12.0. The molecule has 1 saturated carbocycles. The minimum absolute atomic E-state index is 0.0152. The smallest absolute Gasteiger partial charge is 0.317 e. The highest BCUT2D eigenvalue weighted by Crippen LogP contribution is 2.24. The summed E-state index contributed by atoms with van der Waals surface area (Å²) in [4.78, 5) is 25.0. The maximum absolute atomic E-state index is 12.2. The Bertz CT molecular complexity index is 330. The highest BCUT2D eigenvalue weighted by Gasteiger charge is 2.28. The van der Waals surface area contributed by atoms with Gasteiger partial charge in [0.05, 0.1) is 5.92 Å². The molecule has 2 atom stereocenters. The van der Waals surface area contributed by atoms with Crippen LogP contribution in [0.25, 0.3) is 0 Å². The Morgan fingerprint density at radius 1 is 1.16 bits per heavy atom. The summed E-state index contributed by atoms with van der Waals surface area (Å²) in [5.41, 5.74) is 0. The van der Waals surface area contributed by atoms with Gasteiger partial charge >= 0.3 is 12.0 Å². The predicted octanol–water partition coefficient (Wildman–Crippen LogP) is 1.78. The van der Waals surface area contributed by atoms with Gasteiger partial charge in [-0.15, -0.1) is 0 Å². The molecule has 0 aromatic heterocycles. The summed E-state index contributed by atoms with van der Waals surface area (Å²) in [6.45, 7) is 1.61. The lowest BCUT2D eigenvalue weighted by Gasteiger charge is -2.30. The van der Waals surface area contributed by atoms with Crippen LogP contribution in [0.4, 0.5) is 4.79 Å². The molecular formula is C13H22N2O3S. The van der Waals surface area contributed by atoms with E-state index >= 15 is 0 Å². The van der Waals surface area contributed by atoms with E-state index in [2.05, 4.69) is 5.32 Å². The molecular weight excluding hydrogens is 264 g/mol. The second-order valence-electron chi connectivity index (χ2n) is 5.30. The number of carboxylic acid groups (broad SMARTS) is 1. The van der Waals surface area contributed by atoms with Crippen molar-refractivity contribution in [2.45, 2.75) is 38.1 Å². The Balaban J connectivity index is 1.82. The summed E-state index contributed by atoms with van der Waals surface area (Å²) in [6.07, 6.45) is 4.14. The van der Waals surface area contributed by atoms with Gasteiger partial charge in [0.25, 0.3) is 0 Å². The summed E-state index contributed by atoms with van der Waals surface area (Å²) in [6, 6.07) is 0.0109. The fraction of sp³-hybridized carbons (Fsp3) is 0.846. The molecule has 1 aliphatic heterocycles. The lowest BCUT2D eigenvalue weighted by atomic mass is 9.86. The first-order valence-corrected chi connectivity index (χ1v) is 8.18. The molecule has 0 spiro atoms. The van der Waals surface area contributed by atoms with Gasteiger partial charge in [-0.2, -0.15) is 11.8 Å². The van der Waals surface area contributed by atoms with Crippen LogP contribution in [0.5, 0.6) is 0 Å². The summed E-state index contributed by atoms with van der Waals surface area (Å²) in [7, 11) is 0. The minimum atomic E-state index is -0.731. The second-order valence-corrected chi connectivity index (χ2v) is 6.53. The van der Waals surface area contributed by atoms with Crippen LogP contribution in [0.15, 0.2) is 0 Å². The number of amides is 2. The van der Waals surface area contributed by atoms with Crippen molar-refractivity contribution >= 4 is 23.8 Å². The van der Waals surface area contributed by atoms with E-state index in [0.717, 1.165) is 50.3 Å². The van der Waals surface area contributed by atoms with E-state index in [4.69, 9.17) is 5.11 Å². The van der Waals surface area contributed by atoms with Gasteiger partial charge in [-0.3, -0.25) is 4.79 Å². The van der Waals surface area contributed by atoms with E-state index < -0.39 is 5.97 Å². The van der Waals surface area contributed by atoms with Gasteiger partial charge in [0.2, 0.25) is 0 Å². The third kappa shape index (κ3) is 4.30. The van der Waals surface area contributed by atoms with Crippen LogP contribution in [0.3, 0.4) is 0 Å². The molecule has 5 nitrogen and oxygen atoms in total. The third-order valence-corrected chi connectivity index (χ3v) is 4.91. The fourth-order valence-electron chi connectivity index (χ4n) is 2.76. The predicted molar refractivity (Wildman–Crippen MR) is 75.4 cm³/mol. The fourth-order valence-corrected chi connectivity index (χ4v) is 3.65. The van der Waals surface area contributed by atoms with Gasteiger partial charge in [0, 0.05) is 24.9 Å². The van der Waals surface area contributed by atoms with E-state index in [0.29, 0.717) is 6.42 Å². The lowest BCUT2D eigenvalue weighted by Crippen LogP contribution is -2.47. The van der Waals surface area contributed by atoms with Gasteiger partial charge < -0.3 is 15.3 Å². The van der Waals surface area contributed by atoms with Crippen molar-refractivity contribution in [1.29, 1.82) is 0 Å². The molecule has 0 radical (unpaired) electrons. The van der Waals surface area contributed by atoms with Crippen LogP contribution in [-0.2, 0) is 4.79 Å². The van der Waals surface area contributed by atoms with Crippen LogP contribution in [-0.4, -0.2) is 52.6 Å². The summed E-state index contributed by atoms with van der Waals surface area (Å²) < 4.78 is 0. The first kappa shape index (κ1) is 14.5. The number of carbonyl (C=O) groups excluding carboxylic acids is 1. The van der Waals surface area contributed by atoms with Crippen LogP contribution < -0.4 is 5.32 Å². The highest BCUT2D eigenvalue weighted by molar-refractivity contribution is 7.99. The maximum atomic E-state index is 12.2. The summed E-state index contributed by atoms with van der Waals surface area (Å²) in [5.74, 6) is 1.09. The Morgan fingerprint density at radius 3 is 2.79 bits per heavy atom. The van der Waals surface area contributed by atoms with E-state index in [1.165, 1.54) is 0 Å². The molecule has 1 saturated heterocycles. The number of nitrogens with zero attached hydrogens (tertiary/aromatic N) is 1. The second kappa shape index (κ2) is 7.03. The molecule has 2 fully saturated rings. The number of carbonyl (C=O) groups is 2. The normalized spacial score (nSPS) is 28.5. The number of hydrogen-bond acceptors (Lipinski definition) is 3. The molecule has 2 unspecified atom stereocenters. The number of rotatable bonds is 2. The number of hydrogen-bond donors (Lipinski definition) is 2. The Kier molecular flexibility index (Phi) is 5.36. The van der Waals surface area contributed by atoms with Crippen LogP contribution in [0.2, 0.25) is 0 Å². The van der Waals surface area contributed by atoms with E-state index in [-0.39, 0.29) is 18.0 Å². The number of aliphatic carboxylic acids is 1. The van der Waals surface area contributed by atoms with Crippen molar-refractivity contribution in [2.75, 3.05) is 24.6 Å². The number of nitrogens with one attached hydrogen (secondary N) is 1. The van der Waals surface area contributed by atoms with Gasteiger partial charge in [-0.1, -0.05) is 6.42 Å². The van der Waals surface area contributed by atoms with Crippen LogP contribution in [0.1, 0.15) is 32.1 Å². The zero-order chi connectivity index (χ0) is 13.7. The van der Waals surface area contributed by atoms with Gasteiger partial charge in [0.1, 0.15) is 0 Å². The molecule has 0 aromatic carbocycles. The number of urea groups is 1. The Hall–Kier alpha value is -0.910. The first-order valence-electron chi connectivity index (χ1n) is 7.03. The van der Waals surface area contributed by atoms with Gasteiger partial charge in [0.15, 0.2) is 0 Å². The average molecular weight is 286 g/mol. The molecule has 108 valence electrons. The van der Waals surface area contributed by atoms with Crippen molar-refractivity contribution in [1.82, 2.24) is 10.2 Å². The van der Waals surface area contributed by atoms with Crippen LogP contribution in [0, 0.1) is 5.92 Å². The van der Waals surface area contributed by atoms with Crippen molar-refractivity contribution in [2.24, 2.45) is 5.92 Å². The molecule has 2 N–H and O–H groups in total. The highest BCUT2D eigenvalue weighted by atomic mass is 32.2. The summed E-state index contributed by atoms with van der Waals surface area (Å²) >= 11 is 1.89. The van der Waals surface area contributed by atoms with Crippen molar-refractivity contribution in [3.05, 3.63) is 0 Å². The topological polar surface area (TPSA) is 69.6 Å². The molecule has 19 heavy (non-hydrogen) atoms. The van der Waals surface area contributed by atoms with Gasteiger partial charge in [-0.05, 0) is 31.4 Å². The Morgan fingerprint density at radius 2 is 2.00 bits per heavy atom. The number of carboxylic acids is 1. The van der Waals surface area contributed by atoms with Crippen LogP contribution >= 0.6 is 11.8 Å². The quantitative estimate of drug-likeness (QED) is 0.812. The van der Waals surface area contributed by atoms with Crippen molar-refractivity contribution in [3.8, 4) is 0 Å². The molecule has 6 heteroatoms. The SMILES string of the molecule is O=C(O)C1CCCC(NC(=O)N2CCCSCC2)C1. The molecule has 2 amide bonds. The molecule has 0 bridgehead atoms. The Labute approximate surface area is 118 Å². The standard InChI is InChI=1S/C13H22N2O3S/c16-12(17)10-3-1-4-11(9-10)14-13(18)15-5-2-7-19-8-6-15/h10-11H,1-9H2,(H,14,18)(H,16,17). The molecule has 0 aromatic rings. The molecule has 1 aliphatic carbocycles. The first-order chi connectivity index (χ1) is 9.16. The molecule has 1 heterocycles. The maximum Gasteiger partial charge on any atom is 0.317 e. The monoisotopic (exact) mass is 286 g/mol. The largest absolute Gasteiger partial charge is 0.481 e. The number of thioether (sulfide) groups is 1. The third-order valence-electron chi connectivity index (χ3n) is 3.86.